The zero-order chi connectivity index (χ0) is 15.1. The smallest absolute Gasteiger partial charge is 0.174 e. The summed E-state index contributed by atoms with van der Waals surface area (Å²) in [6, 6.07) is 10.6. The van der Waals surface area contributed by atoms with Crippen LogP contribution in [0, 0.1) is 23.2 Å². The lowest BCUT2D eigenvalue weighted by atomic mass is 9.78. The average molecular weight is 286 g/mol. The maximum Gasteiger partial charge on any atom is 0.174 e. The number of nitrogens with one attached hydrogen (secondary N) is 1. The molecule has 3 heteroatoms. The standard InChI is InChI=1S/C18H26N2O/c1-14(2)16-8-4-5-9-17(16)20-13-15-7-3-6-10-18(15)21-12-11-19/h3,6-7,10,14,16-17,20H,4-5,8-9,12-13H2,1-2H3. The molecule has 2 atom stereocenters. The average Bonchev–Trinajstić information content (AvgIpc) is 2.52. The normalized spacial score (nSPS) is 22.0. The van der Waals surface area contributed by atoms with Crippen LogP contribution in [0.25, 0.3) is 0 Å². The minimum Gasteiger partial charge on any atom is -0.478 e. The Hall–Kier alpha value is -1.53. The molecule has 1 saturated carbocycles. The predicted molar refractivity (Wildman–Crippen MR) is 85.0 cm³/mol. The fraction of sp³-hybridized carbons (Fsp3) is 0.611. The summed E-state index contributed by atoms with van der Waals surface area (Å²) in [5.74, 6) is 2.32. The third kappa shape index (κ3) is 4.47. The first kappa shape index (κ1) is 15.9. The van der Waals surface area contributed by atoms with Gasteiger partial charge in [-0.3, -0.25) is 0 Å². The maximum atomic E-state index is 8.66. The highest BCUT2D eigenvalue weighted by Crippen LogP contribution is 2.30. The van der Waals surface area contributed by atoms with Gasteiger partial charge in [0.25, 0.3) is 0 Å². The molecule has 1 aromatic carbocycles. The number of rotatable bonds is 6. The van der Waals surface area contributed by atoms with Crippen molar-refractivity contribution in [3.05, 3.63) is 29.8 Å². The van der Waals surface area contributed by atoms with E-state index in [0.29, 0.717) is 6.04 Å². The Balaban J connectivity index is 1.97. The van der Waals surface area contributed by atoms with E-state index in [1.165, 1.54) is 25.7 Å². The summed E-state index contributed by atoms with van der Waals surface area (Å²) in [7, 11) is 0. The van der Waals surface area contributed by atoms with Crippen molar-refractivity contribution in [3.8, 4) is 11.8 Å². The molecule has 0 bridgehead atoms. The quantitative estimate of drug-likeness (QED) is 0.862. The van der Waals surface area contributed by atoms with E-state index in [2.05, 4.69) is 25.2 Å². The van der Waals surface area contributed by atoms with Gasteiger partial charge >= 0.3 is 0 Å². The lowest BCUT2D eigenvalue weighted by Gasteiger charge is -2.35. The summed E-state index contributed by atoms with van der Waals surface area (Å²) in [5, 5.41) is 12.4. The fourth-order valence-corrected chi connectivity index (χ4v) is 3.35. The Kier molecular flexibility index (Phi) is 6.07. The van der Waals surface area contributed by atoms with Crippen molar-refractivity contribution in [2.24, 2.45) is 11.8 Å². The van der Waals surface area contributed by atoms with Gasteiger partial charge in [-0.1, -0.05) is 44.9 Å². The molecule has 0 aromatic heterocycles. The summed E-state index contributed by atoms with van der Waals surface area (Å²) in [6.07, 6.45) is 5.29. The van der Waals surface area contributed by atoms with Gasteiger partial charge in [0.2, 0.25) is 0 Å². The molecule has 1 aliphatic carbocycles. The molecule has 0 saturated heterocycles. The van der Waals surface area contributed by atoms with Crippen LogP contribution in [0.4, 0.5) is 0 Å². The van der Waals surface area contributed by atoms with E-state index in [1.54, 1.807) is 0 Å². The van der Waals surface area contributed by atoms with E-state index in [-0.39, 0.29) is 6.61 Å². The van der Waals surface area contributed by atoms with Crippen LogP contribution in [0.2, 0.25) is 0 Å². The van der Waals surface area contributed by atoms with Gasteiger partial charge in [-0.25, -0.2) is 0 Å². The summed E-state index contributed by atoms with van der Waals surface area (Å²) in [5.41, 5.74) is 1.14. The first-order valence-electron chi connectivity index (χ1n) is 8.03. The molecule has 1 aromatic rings. The fourth-order valence-electron chi connectivity index (χ4n) is 3.35. The Labute approximate surface area is 128 Å². The van der Waals surface area contributed by atoms with E-state index in [1.807, 2.05) is 24.3 Å². The first-order valence-corrected chi connectivity index (χ1v) is 8.03. The molecule has 0 heterocycles. The van der Waals surface area contributed by atoms with Gasteiger partial charge in [0.05, 0.1) is 0 Å². The molecule has 1 aliphatic rings. The van der Waals surface area contributed by atoms with Crippen LogP contribution >= 0.6 is 0 Å². The number of nitriles is 1. The molecular formula is C18H26N2O. The molecule has 0 amide bonds. The van der Waals surface area contributed by atoms with E-state index in [9.17, 15) is 0 Å². The lowest BCUT2D eigenvalue weighted by molar-refractivity contribution is 0.204. The second kappa shape index (κ2) is 8.05. The van der Waals surface area contributed by atoms with E-state index in [0.717, 1.165) is 29.7 Å². The second-order valence-corrected chi connectivity index (χ2v) is 6.23. The summed E-state index contributed by atoms with van der Waals surface area (Å²) >= 11 is 0. The SMILES string of the molecule is CC(C)C1CCCCC1NCc1ccccc1OCC#N. The van der Waals surface area contributed by atoms with Gasteiger partial charge < -0.3 is 10.1 Å². The highest BCUT2D eigenvalue weighted by atomic mass is 16.5. The largest absolute Gasteiger partial charge is 0.478 e. The zero-order valence-electron chi connectivity index (χ0n) is 13.1. The Morgan fingerprint density at radius 1 is 1.29 bits per heavy atom. The summed E-state index contributed by atoms with van der Waals surface area (Å²) in [4.78, 5) is 0. The molecule has 0 radical (unpaired) electrons. The number of ether oxygens (including phenoxy) is 1. The Morgan fingerprint density at radius 2 is 2.05 bits per heavy atom. The molecule has 1 fully saturated rings. The molecule has 0 aliphatic heterocycles. The molecule has 1 N–H and O–H groups in total. The Morgan fingerprint density at radius 3 is 2.81 bits per heavy atom. The first-order chi connectivity index (χ1) is 10.2. The van der Waals surface area contributed by atoms with Crippen molar-refractivity contribution in [1.29, 1.82) is 5.26 Å². The summed E-state index contributed by atoms with van der Waals surface area (Å²) in [6.45, 7) is 5.58. The van der Waals surface area contributed by atoms with Crippen molar-refractivity contribution in [1.82, 2.24) is 5.32 Å². The summed E-state index contributed by atoms with van der Waals surface area (Å²) < 4.78 is 5.50. The highest BCUT2D eigenvalue weighted by molar-refractivity contribution is 5.33. The van der Waals surface area contributed by atoms with Gasteiger partial charge in [0, 0.05) is 18.2 Å². The lowest BCUT2D eigenvalue weighted by Crippen LogP contribution is -2.40. The van der Waals surface area contributed by atoms with Crippen LogP contribution in [0.5, 0.6) is 5.75 Å². The van der Waals surface area contributed by atoms with Crippen LogP contribution in [0.1, 0.15) is 45.1 Å². The van der Waals surface area contributed by atoms with Gasteiger partial charge in [0.1, 0.15) is 11.8 Å². The number of para-hydroxylation sites is 1. The van der Waals surface area contributed by atoms with Crippen LogP contribution in [0.3, 0.4) is 0 Å². The van der Waals surface area contributed by atoms with Crippen LogP contribution in [0.15, 0.2) is 24.3 Å². The van der Waals surface area contributed by atoms with Gasteiger partial charge in [-0.05, 0) is 30.7 Å². The van der Waals surface area contributed by atoms with Crippen molar-refractivity contribution in [3.63, 3.8) is 0 Å². The zero-order valence-corrected chi connectivity index (χ0v) is 13.1. The molecule has 2 unspecified atom stereocenters. The molecular weight excluding hydrogens is 260 g/mol. The molecule has 0 spiro atoms. The van der Waals surface area contributed by atoms with Gasteiger partial charge in [-0.15, -0.1) is 0 Å². The molecule has 2 rings (SSSR count). The predicted octanol–water partition coefficient (Wildman–Crippen LogP) is 3.89. The van der Waals surface area contributed by atoms with Crippen molar-refractivity contribution < 1.29 is 4.74 Å². The monoisotopic (exact) mass is 286 g/mol. The Bertz CT molecular complexity index is 478. The minimum absolute atomic E-state index is 0.106. The van der Waals surface area contributed by atoms with Crippen LogP contribution in [-0.4, -0.2) is 12.6 Å². The van der Waals surface area contributed by atoms with E-state index >= 15 is 0 Å². The number of hydrogen-bond donors (Lipinski definition) is 1. The van der Waals surface area contributed by atoms with Crippen molar-refractivity contribution in [2.45, 2.75) is 52.1 Å². The molecule has 114 valence electrons. The number of hydrogen-bond acceptors (Lipinski definition) is 3. The topological polar surface area (TPSA) is 45.0 Å². The van der Waals surface area contributed by atoms with Gasteiger partial charge in [-0.2, -0.15) is 5.26 Å². The second-order valence-electron chi connectivity index (χ2n) is 6.23. The van der Waals surface area contributed by atoms with Crippen LogP contribution < -0.4 is 10.1 Å². The van der Waals surface area contributed by atoms with E-state index < -0.39 is 0 Å². The van der Waals surface area contributed by atoms with Crippen molar-refractivity contribution in [2.75, 3.05) is 6.61 Å². The maximum absolute atomic E-state index is 8.66. The van der Waals surface area contributed by atoms with Gasteiger partial charge in [0.15, 0.2) is 6.61 Å². The minimum atomic E-state index is 0.106. The van der Waals surface area contributed by atoms with Crippen molar-refractivity contribution >= 4 is 0 Å². The molecule has 21 heavy (non-hydrogen) atoms. The number of nitrogens with zero attached hydrogens (tertiary/aromatic N) is 1. The van der Waals surface area contributed by atoms with E-state index in [4.69, 9.17) is 10.00 Å². The molecule has 3 nitrogen and oxygen atoms in total. The number of benzene rings is 1. The highest BCUT2D eigenvalue weighted by Gasteiger charge is 2.27. The van der Waals surface area contributed by atoms with Crippen LogP contribution in [-0.2, 0) is 6.54 Å². The third-order valence-corrected chi connectivity index (χ3v) is 4.50. The third-order valence-electron chi connectivity index (χ3n) is 4.50.